The second-order valence-electron chi connectivity index (χ2n) is 4.13. The molecule has 0 saturated carbocycles. The van der Waals surface area contributed by atoms with Gasteiger partial charge in [-0.2, -0.15) is 0 Å². The molecule has 1 nitrogen and oxygen atoms in total. The highest BCUT2D eigenvalue weighted by Gasteiger charge is 2.10. The number of benzene rings is 1. The number of carbonyl (C=O) groups excluding carboxylic acids is 1. The summed E-state index contributed by atoms with van der Waals surface area (Å²) in [6, 6.07) is 8.33. The summed E-state index contributed by atoms with van der Waals surface area (Å²) in [6.07, 6.45) is 2.56. The van der Waals surface area contributed by atoms with Gasteiger partial charge in [-0.1, -0.05) is 45.0 Å². The van der Waals surface area contributed by atoms with Crippen molar-refractivity contribution in [2.75, 3.05) is 0 Å². The normalized spacial score (nSPS) is 12.5. The molecule has 1 aromatic rings. The molecule has 0 aromatic heterocycles. The van der Waals surface area contributed by atoms with Gasteiger partial charge in [-0.15, -0.1) is 0 Å². The largest absolute Gasteiger partial charge is 0.299 e. The Bertz CT molecular complexity index is 328. The fourth-order valence-electron chi connectivity index (χ4n) is 1.56. The molecule has 1 rings (SSSR count). The first-order chi connectivity index (χ1) is 7.17. The molecule has 82 valence electrons. The lowest BCUT2D eigenvalue weighted by Gasteiger charge is -2.08. The van der Waals surface area contributed by atoms with Gasteiger partial charge in [-0.3, -0.25) is 4.79 Å². The number of hydrogen-bond acceptors (Lipinski definition) is 1. The van der Waals surface area contributed by atoms with Crippen molar-refractivity contribution in [3.05, 3.63) is 35.4 Å². The van der Waals surface area contributed by atoms with Gasteiger partial charge in [0.1, 0.15) is 5.78 Å². The zero-order chi connectivity index (χ0) is 11.3. The topological polar surface area (TPSA) is 17.1 Å². The lowest BCUT2D eigenvalue weighted by atomic mass is 9.96. The predicted octanol–water partition coefficient (Wildman–Crippen LogP) is 3.41. The Balaban J connectivity index is 2.68. The van der Waals surface area contributed by atoms with E-state index in [-0.39, 0.29) is 5.92 Å². The van der Waals surface area contributed by atoms with Crippen LogP contribution in [0.25, 0.3) is 0 Å². The third-order valence-corrected chi connectivity index (χ3v) is 2.94. The van der Waals surface area contributed by atoms with Crippen LogP contribution in [0.5, 0.6) is 0 Å². The van der Waals surface area contributed by atoms with Crippen LogP contribution >= 0.6 is 0 Å². The fraction of sp³-hybridized carbons (Fsp3) is 0.500. The van der Waals surface area contributed by atoms with E-state index in [9.17, 15) is 4.79 Å². The minimum atomic E-state index is 0.190. The molecule has 0 aliphatic rings. The number of hydrogen-bond donors (Lipinski definition) is 0. The van der Waals surface area contributed by atoms with Crippen LogP contribution in [-0.2, 0) is 17.6 Å². The Hall–Kier alpha value is -1.11. The molecule has 0 saturated heterocycles. The maximum atomic E-state index is 11.7. The SMILES string of the molecule is CCc1cccc(CC(=O)C(C)CC)c1. The van der Waals surface area contributed by atoms with Gasteiger partial charge in [0.25, 0.3) is 0 Å². The van der Waals surface area contributed by atoms with E-state index in [1.807, 2.05) is 19.1 Å². The first-order valence-electron chi connectivity index (χ1n) is 5.77. The molecule has 0 aliphatic heterocycles. The minimum absolute atomic E-state index is 0.190. The average Bonchev–Trinajstić information content (AvgIpc) is 2.28. The van der Waals surface area contributed by atoms with E-state index in [0.717, 1.165) is 18.4 Å². The zero-order valence-corrected chi connectivity index (χ0v) is 9.92. The third kappa shape index (κ3) is 3.50. The number of rotatable bonds is 5. The second kappa shape index (κ2) is 5.69. The smallest absolute Gasteiger partial charge is 0.140 e. The van der Waals surface area contributed by atoms with Crippen LogP contribution in [0, 0.1) is 5.92 Å². The van der Waals surface area contributed by atoms with Crippen LogP contribution in [0.15, 0.2) is 24.3 Å². The first-order valence-corrected chi connectivity index (χ1v) is 5.77. The predicted molar refractivity (Wildman–Crippen MR) is 64.0 cm³/mol. The fourth-order valence-corrected chi connectivity index (χ4v) is 1.56. The van der Waals surface area contributed by atoms with Gasteiger partial charge in [0.2, 0.25) is 0 Å². The average molecular weight is 204 g/mol. The van der Waals surface area contributed by atoms with Crippen molar-refractivity contribution in [3.63, 3.8) is 0 Å². The van der Waals surface area contributed by atoms with Gasteiger partial charge >= 0.3 is 0 Å². The van der Waals surface area contributed by atoms with Crippen LogP contribution in [0.1, 0.15) is 38.3 Å². The van der Waals surface area contributed by atoms with Crippen LogP contribution in [-0.4, -0.2) is 5.78 Å². The Morgan fingerprint density at radius 3 is 2.53 bits per heavy atom. The van der Waals surface area contributed by atoms with Crippen molar-refractivity contribution in [2.24, 2.45) is 5.92 Å². The van der Waals surface area contributed by atoms with E-state index in [1.54, 1.807) is 0 Å². The molecule has 0 radical (unpaired) electrons. The molecule has 1 atom stereocenters. The number of ketones is 1. The summed E-state index contributed by atoms with van der Waals surface area (Å²) in [4.78, 5) is 11.7. The molecule has 1 heteroatoms. The van der Waals surface area contributed by atoms with Gasteiger partial charge in [-0.05, 0) is 24.0 Å². The van der Waals surface area contributed by atoms with Gasteiger partial charge < -0.3 is 0 Å². The maximum Gasteiger partial charge on any atom is 0.140 e. The van der Waals surface area contributed by atoms with Crippen LogP contribution in [0.4, 0.5) is 0 Å². The lowest BCUT2D eigenvalue weighted by molar-refractivity contribution is -0.121. The van der Waals surface area contributed by atoms with Crippen LogP contribution < -0.4 is 0 Å². The number of aryl methyl sites for hydroxylation is 1. The van der Waals surface area contributed by atoms with Crippen LogP contribution in [0.2, 0.25) is 0 Å². The summed E-state index contributed by atoms with van der Waals surface area (Å²) in [5, 5.41) is 0. The highest BCUT2D eigenvalue weighted by Crippen LogP contribution is 2.11. The molecule has 1 unspecified atom stereocenters. The Kier molecular flexibility index (Phi) is 4.54. The van der Waals surface area contributed by atoms with E-state index in [2.05, 4.69) is 26.0 Å². The van der Waals surface area contributed by atoms with Gasteiger partial charge in [0.15, 0.2) is 0 Å². The van der Waals surface area contributed by atoms with Gasteiger partial charge in [-0.25, -0.2) is 0 Å². The zero-order valence-electron chi connectivity index (χ0n) is 9.92. The molecule has 1 aromatic carbocycles. The van der Waals surface area contributed by atoms with Crippen molar-refractivity contribution in [1.29, 1.82) is 0 Å². The van der Waals surface area contributed by atoms with Crippen molar-refractivity contribution in [1.82, 2.24) is 0 Å². The molecule has 0 N–H and O–H groups in total. The molecule has 0 spiro atoms. The minimum Gasteiger partial charge on any atom is -0.299 e. The van der Waals surface area contributed by atoms with Crippen molar-refractivity contribution >= 4 is 5.78 Å². The summed E-state index contributed by atoms with van der Waals surface area (Å²) in [6.45, 7) is 6.20. The summed E-state index contributed by atoms with van der Waals surface area (Å²) in [5.74, 6) is 0.543. The Labute approximate surface area is 92.5 Å². The molecule has 0 heterocycles. The highest BCUT2D eigenvalue weighted by atomic mass is 16.1. The van der Waals surface area contributed by atoms with Gasteiger partial charge in [0.05, 0.1) is 0 Å². The molecule has 0 amide bonds. The molecular formula is C14H20O. The Morgan fingerprint density at radius 2 is 1.93 bits per heavy atom. The summed E-state index contributed by atoms with van der Waals surface area (Å²) in [5.41, 5.74) is 2.46. The van der Waals surface area contributed by atoms with Crippen LogP contribution in [0.3, 0.4) is 0 Å². The monoisotopic (exact) mass is 204 g/mol. The van der Waals surface area contributed by atoms with E-state index in [0.29, 0.717) is 12.2 Å². The quantitative estimate of drug-likeness (QED) is 0.718. The van der Waals surface area contributed by atoms with Crippen molar-refractivity contribution in [3.8, 4) is 0 Å². The summed E-state index contributed by atoms with van der Waals surface area (Å²) < 4.78 is 0. The first kappa shape index (κ1) is 12.0. The molecule has 0 aliphatic carbocycles. The van der Waals surface area contributed by atoms with E-state index < -0.39 is 0 Å². The third-order valence-electron chi connectivity index (χ3n) is 2.94. The molecule has 0 bridgehead atoms. The Morgan fingerprint density at radius 1 is 1.27 bits per heavy atom. The summed E-state index contributed by atoms with van der Waals surface area (Å²) >= 11 is 0. The van der Waals surface area contributed by atoms with Crippen molar-refractivity contribution in [2.45, 2.75) is 40.0 Å². The maximum absolute atomic E-state index is 11.7. The second-order valence-corrected chi connectivity index (χ2v) is 4.13. The summed E-state index contributed by atoms with van der Waals surface area (Å²) in [7, 11) is 0. The van der Waals surface area contributed by atoms with E-state index in [1.165, 1.54) is 5.56 Å². The molecular weight excluding hydrogens is 184 g/mol. The lowest BCUT2D eigenvalue weighted by Crippen LogP contribution is -2.12. The molecule has 15 heavy (non-hydrogen) atoms. The van der Waals surface area contributed by atoms with Gasteiger partial charge in [0, 0.05) is 12.3 Å². The highest BCUT2D eigenvalue weighted by molar-refractivity contribution is 5.82. The van der Waals surface area contributed by atoms with Crippen molar-refractivity contribution < 1.29 is 4.79 Å². The number of Topliss-reactive ketones (excluding diaryl/α,β-unsaturated/α-hetero) is 1. The van der Waals surface area contributed by atoms with E-state index in [4.69, 9.17) is 0 Å². The molecule has 0 fully saturated rings. The number of carbonyl (C=O) groups is 1. The van der Waals surface area contributed by atoms with E-state index >= 15 is 0 Å². The standard InChI is InChI=1S/C14H20O/c1-4-11(3)14(15)10-13-8-6-7-12(5-2)9-13/h6-9,11H,4-5,10H2,1-3H3.